The Hall–Kier alpha value is -3.27. The topological polar surface area (TPSA) is 94.9 Å². The first kappa shape index (κ1) is 20.6. The van der Waals surface area contributed by atoms with Gasteiger partial charge in [-0.1, -0.05) is 0 Å². The number of aryl methyl sites for hydroxylation is 1. The second-order valence-corrected chi connectivity index (χ2v) is 8.11. The second kappa shape index (κ2) is 8.70. The van der Waals surface area contributed by atoms with Crippen molar-refractivity contribution in [3.05, 3.63) is 36.2 Å². The predicted octanol–water partition coefficient (Wildman–Crippen LogP) is 4.36. The Balaban J connectivity index is 1.39. The summed E-state index contributed by atoms with van der Waals surface area (Å²) >= 11 is 0. The minimum absolute atomic E-state index is 0.0742. The zero-order chi connectivity index (χ0) is 22.1. The fourth-order valence-electron chi connectivity index (χ4n) is 4.25. The van der Waals surface area contributed by atoms with E-state index >= 15 is 0 Å². The molecule has 1 aliphatic rings. The normalized spacial score (nSPS) is 17.4. The lowest BCUT2D eigenvalue weighted by Crippen LogP contribution is -2.34. The van der Waals surface area contributed by atoms with E-state index in [2.05, 4.69) is 30.7 Å². The lowest BCUT2D eigenvalue weighted by molar-refractivity contribution is 0.140. The van der Waals surface area contributed by atoms with Crippen LogP contribution >= 0.6 is 0 Å². The summed E-state index contributed by atoms with van der Waals surface area (Å²) < 4.78 is 30.8. The van der Waals surface area contributed by atoms with Crippen molar-refractivity contribution in [3.63, 3.8) is 0 Å². The first-order chi connectivity index (χ1) is 15.6. The van der Waals surface area contributed by atoms with Crippen LogP contribution < -0.4 is 15.5 Å². The van der Waals surface area contributed by atoms with Crippen LogP contribution in [-0.2, 0) is 0 Å². The van der Waals surface area contributed by atoms with Crippen molar-refractivity contribution in [1.29, 1.82) is 0 Å². The van der Waals surface area contributed by atoms with Crippen molar-refractivity contribution in [2.24, 2.45) is 0 Å². The van der Waals surface area contributed by atoms with Gasteiger partial charge in [-0.3, -0.25) is 5.10 Å². The lowest BCUT2D eigenvalue weighted by Gasteiger charge is -2.22. The molecule has 1 atom stereocenters. The summed E-state index contributed by atoms with van der Waals surface area (Å²) in [7, 11) is 0. The predicted molar refractivity (Wildman–Crippen MR) is 120 cm³/mol. The molecule has 0 saturated carbocycles. The summed E-state index contributed by atoms with van der Waals surface area (Å²) in [5, 5.41) is 14.6. The first-order valence-electron chi connectivity index (χ1n) is 10.8. The molecule has 32 heavy (non-hydrogen) atoms. The fourth-order valence-corrected chi connectivity index (χ4v) is 4.25. The number of nitrogens with zero attached hydrogens (tertiary/aromatic N) is 4. The van der Waals surface area contributed by atoms with Crippen molar-refractivity contribution in [2.75, 3.05) is 29.9 Å². The molecule has 168 valence electrons. The van der Waals surface area contributed by atoms with Crippen LogP contribution in [0.25, 0.3) is 22.0 Å². The van der Waals surface area contributed by atoms with Gasteiger partial charge in [0.05, 0.1) is 24.0 Å². The number of nitrogens with one attached hydrogen (secondary N) is 3. The minimum Gasteiger partial charge on any atom is -0.459 e. The van der Waals surface area contributed by atoms with Gasteiger partial charge in [-0.2, -0.15) is 10.1 Å². The Bertz CT molecular complexity index is 1220. The van der Waals surface area contributed by atoms with Crippen molar-refractivity contribution < 1.29 is 13.2 Å². The van der Waals surface area contributed by atoms with Crippen molar-refractivity contribution in [3.8, 4) is 0 Å². The zero-order valence-corrected chi connectivity index (χ0v) is 17.7. The molecule has 1 fully saturated rings. The molecule has 5 rings (SSSR count). The van der Waals surface area contributed by atoms with Crippen LogP contribution in [0.2, 0.25) is 0 Å². The number of alkyl halides is 2. The number of anilines is 3. The highest BCUT2D eigenvalue weighted by atomic mass is 19.3. The van der Waals surface area contributed by atoms with Gasteiger partial charge in [0.1, 0.15) is 5.52 Å². The van der Waals surface area contributed by atoms with Gasteiger partial charge in [0.2, 0.25) is 5.95 Å². The van der Waals surface area contributed by atoms with Gasteiger partial charge < -0.3 is 20.0 Å². The van der Waals surface area contributed by atoms with Crippen LogP contribution in [0.15, 0.2) is 34.9 Å². The first-order valence-corrected chi connectivity index (χ1v) is 10.8. The van der Waals surface area contributed by atoms with E-state index in [0.717, 1.165) is 53.9 Å². The molecule has 0 aliphatic carbocycles. The van der Waals surface area contributed by atoms with E-state index in [4.69, 9.17) is 9.40 Å². The Labute approximate surface area is 183 Å². The average molecular weight is 441 g/mol. The Kier molecular flexibility index (Phi) is 5.60. The third-order valence-electron chi connectivity index (χ3n) is 5.88. The van der Waals surface area contributed by atoms with Gasteiger partial charge in [0, 0.05) is 36.3 Å². The van der Waals surface area contributed by atoms with E-state index in [9.17, 15) is 8.78 Å². The number of hydrogen-bond acceptors (Lipinski definition) is 7. The molecule has 3 N–H and O–H groups in total. The second-order valence-electron chi connectivity index (χ2n) is 8.11. The maximum atomic E-state index is 12.6. The number of rotatable bonds is 6. The van der Waals surface area contributed by atoms with Crippen LogP contribution in [0, 0.1) is 6.92 Å². The third-order valence-corrected chi connectivity index (χ3v) is 5.88. The Morgan fingerprint density at radius 2 is 2.12 bits per heavy atom. The Morgan fingerprint density at radius 3 is 3.00 bits per heavy atom. The SMILES string of the molecule is Cc1n[nH]c2cc(Nc3nc(N4CCCC(NCC(F)F)CC4)c4occc4n3)ccc12. The number of aromatic nitrogens is 4. The molecule has 0 radical (unpaired) electrons. The summed E-state index contributed by atoms with van der Waals surface area (Å²) in [6, 6.07) is 7.85. The van der Waals surface area contributed by atoms with Gasteiger partial charge in [0.15, 0.2) is 11.4 Å². The molecular weight excluding hydrogens is 416 g/mol. The van der Waals surface area contributed by atoms with E-state index in [1.807, 2.05) is 31.2 Å². The van der Waals surface area contributed by atoms with Crippen molar-refractivity contribution >= 4 is 39.5 Å². The molecule has 1 saturated heterocycles. The monoisotopic (exact) mass is 441 g/mol. The van der Waals surface area contributed by atoms with E-state index in [1.165, 1.54) is 0 Å². The van der Waals surface area contributed by atoms with Gasteiger partial charge in [0.25, 0.3) is 6.43 Å². The van der Waals surface area contributed by atoms with E-state index < -0.39 is 6.43 Å². The number of fused-ring (bicyclic) bond motifs is 2. The fraction of sp³-hybridized carbons (Fsp3) is 0.409. The van der Waals surface area contributed by atoms with Gasteiger partial charge in [-0.25, -0.2) is 13.8 Å². The number of benzene rings is 1. The molecule has 8 nitrogen and oxygen atoms in total. The number of furan rings is 1. The molecular formula is C22H25F2N7O. The number of aromatic amines is 1. The van der Waals surface area contributed by atoms with Crippen LogP contribution in [0.1, 0.15) is 25.0 Å². The highest BCUT2D eigenvalue weighted by Crippen LogP contribution is 2.30. The molecule has 3 aromatic heterocycles. The molecule has 10 heteroatoms. The molecule has 4 heterocycles. The smallest absolute Gasteiger partial charge is 0.250 e. The molecule has 0 spiro atoms. The standard InChI is InChI=1S/C22H25F2N7O/c1-13-16-5-4-15(11-18(16)30-29-13)26-22-27-17-7-10-32-20(17)21(28-22)31-8-2-3-14(6-9-31)25-12-19(23)24/h4-5,7,10-11,14,19,25H,2-3,6,8-9,12H2,1H3,(H,29,30)(H,26,27,28). The summed E-state index contributed by atoms with van der Waals surface area (Å²) in [5.41, 5.74) is 4.09. The van der Waals surface area contributed by atoms with E-state index in [0.29, 0.717) is 23.6 Å². The maximum absolute atomic E-state index is 12.6. The molecule has 1 aliphatic heterocycles. The molecule has 1 aromatic carbocycles. The number of H-pyrrole nitrogens is 1. The van der Waals surface area contributed by atoms with E-state index in [1.54, 1.807) is 6.26 Å². The number of hydrogen-bond donors (Lipinski definition) is 3. The minimum atomic E-state index is -2.34. The van der Waals surface area contributed by atoms with Crippen molar-refractivity contribution in [1.82, 2.24) is 25.5 Å². The molecule has 1 unspecified atom stereocenters. The van der Waals surface area contributed by atoms with Crippen LogP contribution in [-0.4, -0.2) is 52.3 Å². The van der Waals surface area contributed by atoms with Gasteiger partial charge >= 0.3 is 0 Å². The third kappa shape index (κ3) is 4.22. The van der Waals surface area contributed by atoms with Gasteiger partial charge in [-0.15, -0.1) is 0 Å². The van der Waals surface area contributed by atoms with Crippen LogP contribution in [0.5, 0.6) is 0 Å². The summed E-state index contributed by atoms with van der Waals surface area (Å²) in [6.07, 6.45) is 1.77. The largest absolute Gasteiger partial charge is 0.459 e. The lowest BCUT2D eigenvalue weighted by atomic mass is 10.1. The molecule has 0 amide bonds. The van der Waals surface area contributed by atoms with Crippen molar-refractivity contribution in [2.45, 2.75) is 38.7 Å². The molecule has 0 bridgehead atoms. The summed E-state index contributed by atoms with van der Waals surface area (Å²) in [4.78, 5) is 11.5. The quantitative estimate of drug-likeness (QED) is 0.409. The highest BCUT2D eigenvalue weighted by molar-refractivity contribution is 5.87. The number of halogens is 2. The molecule has 4 aromatic rings. The van der Waals surface area contributed by atoms with Gasteiger partial charge in [-0.05, 0) is 44.4 Å². The summed E-state index contributed by atoms with van der Waals surface area (Å²) in [6.45, 7) is 3.17. The summed E-state index contributed by atoms with van der Waals surface area (Å²) in [5.74, 6) is 1.19. The van der Waals surface area contributed by atoms with Crippen LogP contribution in [0.3, 0.4) is 0 Å². The van der Waals surface area contributed by atoms with E-state index in [-0.39, 0.29) is 12.6 Å². The zero-order valence-electron chi connectivity index (χ0n) is 17.7. The Morgan fingerprint density at radius 1 is 1.22 bits per heavy atom. The highest BCUT2D eigenvalue weighted by Gasteiger charge is 2.22. The maximum Gasteiger partial charge on any atom is 0.250 e. The average Bonchev–Trinajstić information content (AvgIpc) is 3.31. The van der Waals surface area contributed by atoms with Crippen LogP contribution in [0.4, 0.5) is 26.2 Å².